The molecule has 0 radical (unpaired) electrons. The van der Waals surface area contributed by atoms with E-state index >= 15 is 0 Å². The Kier molecular flexibility index (Phi) is 4.98. The molecule has 0 bridgehead atoms. The minimum atomic E-state index is -0.177. The van der Waals surface area contributed by atoms with Gasteiger partial charge in [-0.2, -0.15) is 0 Å². The van der Waals surface area contributed by atoms with Crippen LogP contribution in [0.2, 0.25) is 5.02 Å². The van der Waals surface area contributed by atoms with Crippen LogP contribution in [0.15, 0.2) is 46.2 Å². The Morgan fingerprint density at radius 2 is 1.95 bits per heavy atom. The normalized spacial score (nSPS) is 10.2. The van der Waals surface area contributed by atoms with E-state index in [9.17, 15) is 4.79 Å². The van der Waals surface area contributed by atoms with Crippen molar-refractivity contribution in [2.24, 2.45) is 0 Å². The van der Waals surface area contributed by atoms with Gasteiger partial charge in [0.2, 0.25) is 0 Å². The van der Waals surface area contributed by atoms with Crippen LogP contribution >= 0.6 is 23.4 Å². The molecule has 6 heteroatoms. The lowest BCUT2D eigenvalue weighted by molar-refractivity contribution is 0.0960. The van der Waals surface area contributed by atoms with E-state index in [4.69, 9.17) is 22.1 Å². The SMILES string of the molecule is CNC(=O)c1cc(OC)ccc1Sc1ccc(Cl)cc1N. The maximum atomic E-state index is 12.0. The summed E-state index contributed by atoms with van der Waals surface area (Å²) in [5.41, 5.74) is 7.07. The number of nitrogens with two attached hydrogens (primary N) is 1. The maximum absolute atomic E-state index is 12.0. The Morgan fingerprint density at radius 1 is 1.24 bits per heavy atom. The fourth-order valence-corrected chi connectivity index (χ4v) is 2.90. The third-order valence-corrected chi connectivity index (χ3v) is 4.25. The van der Waals surface area contributed by atoms with Crippen LogP contribution in [0.3, 0.4) is 0 Å². The number of carbonyl (C=O) groups excluding carboxylic acids is 1. The van der Waals surface area contributed by atoms with Gasteiger partial charge in [-0.05, 0) is 36.4 Å². The van der Waals surface area contributed by atoms with E-state index in [0.29, 0.717) is 22.0 Å². The minimum Gasteiger partial charge on any atom is -0.497 e. The zero-order valence-corrected chi connectivity index (χ0v) is 13.2. The van der Waals surface area contributed by atoms with Crippen molar-refractivity contribution in [1.29, 1.82) is 0 Å². The van der Waals surface area contributed by atoms with Gasteiger partial charge in [0, 0.05) is 27.5 Å². The standard InChI is InChI=1S/C15H15ClN2O2S/c1-18-15(19)11-8-10(20-2)4-6-13(11)21-14-5-3-9(16)7-12(14)17/h3-8H,17H2,1-2H3,(H,18,19). The number of nitrogen functional groups attached to an aromatic ring is 1. The number of anilines is 1. The number of nitrogens with one attached hydrogen (secondary N) is 1. The Bertz CT molecular complexity index is 677. The van der Waals surface area contributed by atoms with Crippen LogP contribution in [0.1, 0.15) is 10.4 Å². The fraction of sp³-hybridized carbons (Fsp3) is 0.133. The largest absolute Gasteiger partial charge is 0.497 e. The number of hydrogen-bond acceptors (Lipinski definition) is 4. The molecule has 110 valence electrons. The summed E-state index contributed by atoms with van der Waals surface area (Å²) in [7, 11) is 3.15. The summed E-state index contributed by atoms with van der Waals surface area (Å²) in [4.78, 5) is 13.6. The molecule has 0 atom stereocenters. The van der Waals surface area contributed by atoms with Gasteiger partial charge >= 0.3 is 0 Å². The van der Waals surface area contributed by atoms with E-state index in [1.54, 1.807) is 38.4 Å². The maximum Gasteiger partial charge on any atom is 0.252 e. The minimum absolute atomic E-state index is 0.177. The van der Waals surface area contributed by atoms with Crippen LogP contribution in [0, 0.1) is 0 Å². The average Bonchev–Trinajstić information content (AvgIpc) is 2.49. The molecule has 0 spiro atoms. The Balaban J connectivity index is 2.41. The number of methoxy groups -OCH3 is 1. The summed E-state index contributed by atoms with van der Waals surface area (Å²) in [5.74, 6) is 0.450. The van der Waals surface area contributed by atoms with E-state index in [1.807, 2.05) is 12.1 Å². The third kappa shape index (κ3) is 3.62. The Hall–Kier alpha value is -1.85. The smallest absolute Gasteiger partial charge is 0.252 e. The molecule has 2 aromatic rings. The van der Waals surface area contributed by atoms with Gasteiger partial charge in [0.15, 0.2) is 0 Å². The van der Waals surface area contributed by atoms with Crippen LogP contribution in [-0.4, -0.2) is 20.1 Å². The van der Waals surface area contributed by atoms with Crippen molar-refractivity contribution in [2.75, 3.05) is 19.9 Å². The van der Waals surface area contributed by atoms with Gasteiger partial charge < -0.3 is 15.8 Å². The summed E-state index contributed by atoms with van der Waals surface area (Å²) in [6.45, 7) is 0. The first-order valence-corrected chi connectivity index (χ1v) is 7.37. The molecule has 0 aliphatic carbocycles. The Morgan fingerprint density at radius 3 is 2.57 bits per heavy atom. The molecule has 0 aromatic heterocycles. The molecule has 0 unspecified atom stereocenters. The van der Waals surface area contributed by atoms with Crippen molar-refractivity contribution >= 4 is 35.0 Å². The van der Waals surface area contributed by atoms with Gasteiger partial charge in [0.1, 0.15) is 5.75 Å². The number of rotatable bonds is 4. The second kappa shape index (κ2) is 6.74. The molecular formula is C15H15ClN2O2S. The number of carbonyl (C=O) groups is 1. The molecule has 0 heterocycles. The lowest BCUT2D eigenvalue weighted by Crippen LogP contribution is -2.18. The van der Waals surface area contributed by atoms with Crippen molar-refractivity contribution in [3.8, 4) is 5.75 Å². The van der Waals surface area contributed by atoms with Gasteiger partial charge in [0.05, 0.1) is 12.7 Å². The van der Waals surface area contributed by atoms with E-state index in [1.165, 1.54) is 11.8 Å². The average molecular weight is 323 g/mol. The highest BCUT2D eigenvalue weighted by Gasteiger charge is 2.14. The lowest BCUT2D eigenvalue weighted by atomic mass is 10.2. The third-order valence-electron chi connectivity index (χ3n) is 2.85. The highest BCUT2D eigenvalue weighted by molar-refractivity contribution is 7.99. The van der Waals surface area contributed by atoms with Crippen molar-refractivity contribution < 1.29 is 9.53 Å². The quantitative estimate of drug-likeness (QED) is 0.846. The highest BCUT2D eigenvalue weighted by atomic mass is 35.5. The van der Waals surface area contributed by atoms with Crippen molar-refractivity contribution in [3.63, 3.8) is 0 Å². The molecular weight excluding hydrogens is 308 g/mol. The zero-order valence-electron chi connectivity index (χ0n) is 11.6. The predicted molar refractivity (Wildman–Crippen MR) is 86.4 cm³/mol. The molecule has 2 rings (SSSR count). The van der Waals surface area contributed by atoms with E-state index in [2.05, 4.69) is 5.32 Å². The molecule has 0 fully saturated rings. The second-order valence-corrected chi connectivity index (χ2v) is 5.75. The van der Waals surface area contributed by atoms with Crippen LogP contribution in [0.25, 0.3) is 0 Å². The molecule has 1 amide bonds. The number of ether oxygens (including phenoxy) is 1. The number of halogens is 1. The van der Waals surface area contributed by atoms with Crippen molar-refractivity contribution in [3.05, 3.63) is 47.0 Å². The number of benzene rings is 2. The molecule has 0 saturated carbocycles. The van der Waals surface area contributed by atoms with Gasteiger partial charge in [-0.15, -0.1) is 0 Å². The monoisotopic (exact) mass is 322 g/mol. The highest BCUT2D eigenvalue weighted by Crippen LogP contribution is 2.36. The second-order valence-electron chi connectivity index (χ2n) is 4.23. The van der Waals surface area contributed by atoms with Crippen LogP contribution in [0.4, 0.5) is 5.69 Å². The summed E-state index contributed by atoms with van der Waals surface area (Å²) in [6.07, 6.45) is 0. The molecule has 0 saturated heterocycles. The first-order chi connectivity index (χ1) is 10.0. The number of amides is 1. The van der Waals surface area contributed by atoms with Crippen molar-refractivity contribution in [1.82, 2.24) is 5.32 Å². The first-order valence-electron chi connectivity index (χ1n) is 6.18. The van der Waals surface area contributed by atoms with Crippen molar-refractivity contribution in [2.45, 2.75) is 9.79 Å². The fourth-order valence-electron chi connectivity index (χ4n) is 1.77. The zero-order chi connectivity index (χ0) is 15.4. The van der Waals surface area contributed by atoms with Crippen LogP contribution in [-0.2, 0) is 0 Å². The molecule has 0 aliphatic rings. The molecule has 0 aliphatic heterocycles. The van der Waals surface area contributed by atoms with Gasteiger partial charge in [0.25, 0.3) is 5.91 Å². The topological polar surface area (TPSA) is 64.3 Å². The summed E-state index contributed by atoms with van der Waals surface area (Å²) < 4.78 is 5.16. The van der Waals surface area contributed by atoms with Gasteiger partial charge in [-0.3, -0.25) is 4.79 Å². The molecule has 21 heavy (non-hydrogen) atoms. The summed E-state index contributed by atoms with van der Waals surface area (Å²) >= 11 is 7.31. The van der Waals surface area contributed by atoms with E-state index in [-0.39, 0.29) is 5.91 Å². The predicted octanol–water partition coefficient (Wildman–Crippen LogP) is 3.44. The molecule has 2 aromatic carbocycles. The van der Waals surface area contributed by atoms with Crippen LogP contribution in [0.5, 0.6) is 5.75 Å². The van der Waals surface area contributed by atoms with Gasteiger partial charge in [-0.1, -0.05) is 23.4 Å². The van der Waals surface area contributed by atoms with E-state index in [0.717, 1.165) is 9.79 Å². The van der Waals surface area contributed by atoms with Gasteiger partial charge in [-0.25, -0.2) is 0 Å². The molecule has 4 nitrogen and oxygen atoms in total. The van der Waals surface area contributed by atoms with E-state index < -0.39 is 0 Å². The van der Waals surface area contributed by atoms with Crippen LogP contribution < -0.4 is 15.8 Å². The lowest BCUT2D eigenvalue weighted by Gasteiger charge is -2.11. The first kappa shape index (κ1) is 15.5. The summed E-state index contributed by atoms with van der Waals surface area (Å²) in [5, 5.41) is 3.20. The Labute approximate surface area is 132 Å². The summed E-state index contributed by atoms with van der Waals surface area (Å²) in [6, 6.07) is 10.6. The molecule has 3 N–H and O–H groups in total. The number of hydrogen-bond donors (Lipinski definition) is 2.